The monoisotopic (exact) mass is 261 g/mol. The van der Waals surface area contributed by atoms with Gasteiger partial charge in [-0.1, -0.05) is 30.3 Å². The summed E-state index contributed by atoms with van der Waals surface area (Å²) in [4.78, 5) is 4.19. The first-order chi connectivity index (χ1) is 9.38. The van der Waals surface area contributed by atoms with Gasteiger partial charge in [-0.3, -0.25) is 4.99 Å². The van der Waals surface area contributed by atoms with Crippen molar-refractivity contribution in [2.45, 2.75) is 19.4 Å². The van der Waals surface area contributed by atoms with Gasteiger partial charge in [-0.05, 0) is 24.3 Å². The van der Waals surface area contributed by atoms with Crippen molar-refractivity contribution in [1.82, 2.24) is 10.6 Å². The van der Waals surface area contributed by atoms with Gasteiger partial charge >= 0.3 is 0 Å². The summed E-state index contributed by atoms with van der Waals surface area (Å²) in [6.07, 6.45) is 2.68. The molecule has 4 nitrogen and oxygen atoms in total. The molecule has 0 aliphatic heterocycles. The number of benzene rings is 1. The van der Waals surface area contributed by atoms with Crippen molar-refractivity contribution in [3.63, 3.8) is 0 Å². The van der Waals surface area contributed by atoms with Gasteiger partial charge < -0.3 is 15.4 Å². The highest BCUT2D eigenvalue weighted by atomic mass is 16.5. The Morgan fingerprint density at radius 3 is 2.74 bits per heavy atom. The number of hydrogen-bond donors (Lipinski definition) is 2. The van der Waals surface area contributed by atoms with Gasteiger partial charge in [0.15, 0.2) is 5.96 Å². The summed E-state index contributed by atoms with van der Waals surface area (Å²) < 4.78 is 5.57. The van der Waals surface area contributed by atoms with Gasteiger partial charge in [0.1, 0.15) is 0 Å². The highest BCUT2D eigenvalue weighted by Gasteiger charge is 2.20. The second-order valence-corrected chi connectivity index (χ2v) is 4.86. The smallest absolute Gasteiger partial charge is 0.191 e. The summed E-state index contributed by atoms with van der Waals surface area (Å²) >= 11 is 0. The molecule has 0 unspecified atom stereocenters. The zero-order valence-electron chi connectivity index (χ0n) is 11.6. The maximum atomic E-state index is 5.57. The molecule has 1 aromatic rings. The molecule has 2 rings (SSSR count). The molecule has 1 aliphatic rings. The molecule has 1 aromatic carbocycles. The van der Waals surface area contributed by atoms with Crippen LogP contribution >= 0.6 is 0 Å². The van der Waals surface area contributed by atoms with Crippen LogP contribution in [-0.4, -0.2) is 32.8 Å². The topological polar surface area (TPSA) is 45.7 Å². The fraction of sp³-hybridized carbons (Fsp3) is 0.533. The molecule has 0 radical (unpaired) electrons. The Morgan fingerprint density at radius 1 is 1.26 bits per heavy atom. The molecule has 0 aromatic heterocycles. The Balaban J connectivity index is 1.57. The van der Waals surface area contributed by atoms with Crippen LogP contribution in [0.5, 0.6) is 0 Å². The van der Waals surface area contributed by atoms with Crippen LogP contribution in [0.4, 0.5) is 0 Å². The van der Waals surface area contributed by atoms with Gasteiger partial charge in [-0.15, -0.1) is 0 Å². The number of ether oxygens (including phenoxy) is 1. The van der Waals surface area contributed by atoms with Crippen molar-refractivity contribution < 1.29 is 4.74 Å². The molecule has 104 valence electrons. The molecular weight excluding hydrogens is 238 g/mol. The van der Waals surface area contributed by atoms with E-state index in [1.807, 2.05) is 18.2 Å². The van der Waals surface area contributed by atoms with Crippen molar-refractivity contribution >= 4 is 5.96 Å². The Bertz CT molecular complexity index is 388. The van der Waals surface area contributed by atoms with Crippen molar-refractivity contribution in [2.75, 3.05) is 26.8 Å². The third kappa shape index (κ3) is 5.75. The Morgan fingerprint density at radius 2 is 2.05 bits per heavy atom. The van der Waals surface area contributed by atoms with Gasteiger partial charge in [0, 0.05) is 26.7 Å². The van der Waals surface area contributed by atoms with Crippen LogP contribution in [0.1, 0.15) is 18.4 Å². The molecule has 0 amide bonds. The number of hydrogen-bond acceptors (Lipinski definition) is 2. The van der Waals surface area contributed by atoms with Crippen molar-refractivity contribution in [3.8, 4) is 0 Å². The molecule has 0 saturated heterocycles. The second-order valence-electron chi connectivity index (χ2n) is 4.86. The maximum Gasteiger partial charge on any atom is 0.191 e. The first-order valence-corrected chi connectivity index (χ1v) is 6.94. The van der Waals surface area contributed by atoms with E-state index in [2.05, 4.69) is 27.8 Å². The van der Waals surface area contributed by atoms with Gasteiger partial charge in [-0.2, -0.15) is 0 Å². The zero-order valence-corrected chi connectivity index (χ0v) is 11.6. The van der Waals surface area contributed by atoms with E-state index in [-0.39, 0.29) is 0 Å². The number of nitrogens with one attached hydrogen (secondary N) is 2. The van der Waals surface area contributed by atoms with Crippen LogP contribution in [0.15, 0.2) is 35.3 Å². The summed E-state index contributed by atoms with van der Waals surface area (Å²) in [5.41, 5.74) is 1.25. The second kappa shape index (κ2) is 7.79. The average molecular weight is 261 g/mol. The number of rotatable bonds is 7. The van der Waals surface area contributed by atoms with E-state index in [1.165, 1.54) is 18.4 Å². The van der Waals surface area contributed by atoms with E-state index in [0.717, 1.165) is 38.2 Å². The lowest BCUT2D eigenvalue weighted by atomic mass is 10.2. The molecule has 1 fully saturated rings. The molecule has 0 spiro atoms. The average Bonchev–Trinajstić information content (AvgIpc) is 3.27. The lowest BCUT2D eigenvalue weighted by Gasteiger charge is -2.12. The minimum Gasteiger partial charge on any atom is -0.379 e. The SMILES string of the molecule is CN=C(NCCOCC1CC1)NCc1ccccc1. The summed E-state index contributed by atoms with van der Waals surface area (Å²) in [6.45, 7) is 3.23. The largest absolute Gasteiger partial charge is 0.379 e. The lowest BCUT2D eigenvalue weighted by molar-refractivity contribution is 0.129. The first-order valence-electron chi connectivity index (χ1n) is 6.94. The van der Waals surface area contributed by atoms with Crippen molar-refractivity contribution in [1.29, 1.82) is 0 Å². The summed E-state index contributed by atoms with van der Waals surface area (Å²) in [7, 11) is 1.78. The van der Waals surface area contributed by atoms with Crippen LogP contribution in [-0.2, 0) is 11.3 Å². The van der Waals surface area contributed by atoms with Crippen LogP contribution in [0.3, 0.4) is 0 Å². The molecule has 1 saturated carbocycles. The highest BCUT2D eigenvalue weighted by Crippen LogP contribution is 2.28. The third-order valence-electron chi connectivity index (χ3n) is 3.12. The predicted molar refractivity (Wildman–Crippen MR) is 78.2 cm³/mol. The molecule has 0 heterocycles. The fourth-order valence-corrected chi connectivity index (χ4v) is 1.78. The van der Waals surface area contributed by atoms with E-state index in [9.17, 15) is 0 Å². The van der Waals surface area contributed by atoms with E-state index in [0.29, 0.717) is 0 Å². The minimum absolute atomic E-state index is 0.739. The summed E-state index contributed by atoms with van der Waals surface area (Å²) in [6, 6.07) is 10.3. The molecule has 1 aliphatic carbocycles. The Labute approximate surface area is 115 Å². The normalized spacial score (nSPS) is 15.3. The predicted octanol–water partition coefficient (Wildman–Crippen LogP) is 1.78. The van der Waals surface area contributed by atoms with E-state index in [4.69, 9.17) is 4.74 Å². The summed E-state index contributed by atoms with van der Waals surface area (Å²) in [5, 5.41) is 6.53. The van der Waals surface area contributed by atoms with E-state index >= 15 is 0 Å². The van der Waals surface area contributed by atoms with Gasteiger partial charge in [0.25, 0.3) is 0 Å². The van der Waals surface area contributed by atoms with Gasteiger partial charge in [0.2, 0.25) is 0 Å². The number of guanidine groups is 1. The first kappa shape index (κ1) is 13.9. The molecule has 19 heavy (non-hydrogen) atoms. The molecule has 0 bridgehead atoms. The standard InChI is InChI=1S/C15H23N3O/c1-16-15(17-9-10-19-12-14-7-8-14)18-11-13-5-3-2-4-6-13/h2-6,14H,7-12H2,1H3,(H2,16,17,18). The van der Waals surface area contributed by atoms with Gasteiger partial charge in [0.05, 0.1) is 6.61 Å². The highest BCUT2D eigenvalue weighted by molar-refractivity contribution is 5.79. The summed E-state index contributed by atoms with van der Waals surface area (Å²) in [5.74, 6) is 1.65. The van der Waals surface area contributed by atoms with Crippen LogP contribution in [0.2, 0.25) is 0 Å². The maximum absolute atomic E-state index is 5.57. The zero-order chi connectivity index (χ0) is 13.3. The van der Waals surface area contributed by atoms with E-state index < -0.39 is 0 Å². The number of aliphatic imine (C=N–C) groups is 1. The minimum atomic E-state index is 0.739. The fourth-order valence-electron chi connectivity index (χ4n) is 1.78. The molecule has 4 heteroatoms. The Hall–Kier alpha value is -1.55. The van der Waals surface area contributed by atoms with Crippen molar-refractivity contribution in [2.24, 2.45) is 10.9 Å². The van der Waals surface area contributed by atoms with Crippen molar-refractivity contribution in [3.05, 3.63) is 35.9 Å². The number of nitrogens with zero attached hydrogens (tertiary/aromatic N) is 1. The quantitative estimate of drug-likeness (QED) is 0.447. The van der Waals surface area contributed by atoms with Gasteiger partial charge in [-0.25, -0.2) is 0 Å². The molecule has 2 N–H and O–H groups in total. The third-order valence-corrected chi connectivity index (χ3v) is 3.12. The Kier molecular flexibility index (Phi) is 5.69. The molecule has 0 atom stereocenters. The van der Waals surface area contributed by atoms with Crippen LogP contribution in [0.25, 0.3) is 0 Å². The van der Waals surface area contributed by atoms with Crippen LogP contribution in [0, 0.1) is 5.92 Å². The molecular formula is C15H23N3O. The van der Waals surface area contributed by atoms with Crippen LogP contribution < -0.4 is 10.6 Å². The lowest BCUT2D eigenvalue weighted by Crippen LogP contribution is -2.38. The van der Waals surface area contributed by atoms with E-state index in [1.54, 1.807) is 7.05 Å².